The van der Waals surface area contributed by atoms with Crippen molar-refractivity contribution in [3.05, 3.63) is 59.5 Å². The molecular weight excluding hydrogens is 368 g/mol. The van der Waals surface area contributed by atoms with Gasteiger partial charge in [0.25, 0.3) is 0 Å². The maximum Gasteiger partial charge on any atom is 0.311 e. The number of carboxylic acid groups (broad SMARTS) is 1. The van der Waals surface area contributed by atoms with Crippen molar-refractivity contribution < 1.29 is 14.6 Å². The monoisotopic (exact) mass is 390 g/mol. The third-order valence-electron chi connectivity index (χ3n) is 5.12. The van der Waals surface area contributed by atoms with Gasteiger partial charge in [-0.2, -0.15) is 0 Å². The summed E-state index contributed by atoms with van der Waals surface area (Å²) in [6, 6.07) is 11.6. The summed E-state index contributed by atoms with van der Waals surface area (Å²) in [6.07, 6.45) is 2.12. The second kappa shape index (κ2) is 7.60. The first-order valence-electron chi connectivity index (χ1n) is 9.43. The van der Waals surface area contributed by atoms with E-state index in [1.807, 2.05) is 54.6 Å². The minimum atomic E-state index is -0.906. The van der Waals surface area contributed by atoms with Gasteiger partial charge in [-0.3, -0.25) is 14.2 Å². The van der Waals surface area contributed by atoms with Gasteiger partial charge in [-0.25, -0.2) is 9.97 Å². The fourth-order valence-electron chi connectivity index (χ4n) is 3.75. The zero-order valence-electron chi connectivity index (χ0n) is 16.6. The van der Waals surface area contributed by atoms with Crippen molar-refractivity contribution in [3.63, 3.8) is 0 Å². The molecular formula is C22H22N4O3. The van der Waals surface area contributed by atoms with Crippen molar-refractivity contribution in [1.29, 1.82) is 0 Å². The minimum Gasteiger partial charge on any atom is -0.481 e. The van der Waals surface area contributed by atoms with Crippen LogP contribution in [0.1, 0.15) is 29.3 Å². The zero-order valence-corrected chi connectivity index (χ0v) is 16.6. The van der Waals surface area contributed by atoms with E-state index in [1.165, 1.54) is 0 Å². The van der Waals surface area contributed by atoms with Gasteiger partial charge in [0.05, 0.1) is 22.6 Å². The number of imidazole rings is 1. The number of hydrogen-bond donors (Lipinski definition) is 1. The lowest BCUT2D eigenvalue weighted by atomic mass is 9.90. The largest absolute Gasteiger partial charge is 0.481 e. The lowest BCUT2D eigenvalue weighted by molar-refractivity contribution is -0.139. The number of fused-ring (bicyclic) bond motifs is 3. The van der Waals surface area contributed by atoms with E-state index in [4.69, 9.17) is 4.74 Å². The number of benzene rings is 1. The van der Waals surface area contributed by atoms with Crippen LogP contribution in [-0.2, 0) is 9.53 Å². The summed E-state index contributed by atoms with van der Waals surface area (Å²) in [5.41, 5.74) is 5.47. The highest BCUT2D eigenvalue weighted by Crippen LogP contribution is 2.35. The summed E-state index contributed by atoms with van der Waals surface area (Å²) in [4.78, 5) is 25.9. The van der Waals surface area contributed by atoms with Gasteiger partial charge in [0, 0.05) is 42.4 Å². The van der Waals surface area contributed by atoms with Crippen LogP contribution in [0.2, 0.25) is 0 Å². The third kappa shape index (κ3) is 3.34. The van der Waals surface area contributed by atoms with Crippen LogP contribution < -0.4 is 0 Å². The summed E-state index contributed by atoms with van der Waals surface area (Å²) in [7, 11) is 1.57. The van der Waals surface area contributed by atoms with Crippen LogP contribution in [0.25, 0.3) is 28.1 Å². The highest BCUT2D eigenvalue weighted by molar-refractivity contribution is 5.86. The molecule has 1 atom stereocenters. The first-order valence-corrected chi connectivity index (χ1v) is 9.43. The maximum atomic E-state index is 12.2. The highest BCUT2D eigenvalue weighted by Gasteiger charge is 2.29. The lowest BCUT2D eigenvalue weighted by Gasteiger charge is -2.20. The molecule has 0 amide bonds. The molecule has 1 N–H and O–H groups in total. The van der Waals surface area contributed by atoms with E-state index in [-0.39, 0.29) is 0 Å². The molecule has 0 fully saturated rings. The summed E-state index contributed by atoms with van der Waals surface area (Å²) in [5, 5.41) is 10.0. The number of aryl methyl sites for hydroxylation is 2. The van der Waals surface area contributed by atoms with Gasteiger partial charge in [0.2, 0.25) is 5.78 Å². The van der Waals surface area contributed by atoms with Gasteiger partial charge in [-0.1, -0.05) is 12.1 Å². The Hall–Kier alpha value is -3.32. The molecule has 0 radical (unpaired) electrons. The first kappa shape index (κ1) is 19.0. The number of hydrogen-bond acceptors (Lipinski definition) is 5. The van der Waals surface area contributed by atoms with Crippen LogP contribution in [0.5, 0.6) is 0 Å². The molecule has 1 aromatic carbocycles. The molecule has 0 aliphatic carbocycles. The van der Waals surface area contributed by atoms with Gasteiger partial charge in [-0.15, -0.1) is 0 Å². The van der Waals surface area contributed by atoms with Gasteiger partial charge >= 0.3 is 5.97 Å². The molecule has 0 saturated heterocycles. The Morgan fingerprint density at radius 1 is 1.17 bits per heavy atom. The van der Waals surface area contributed by atoms with E-state index in [9.17, 15) is 9.90 Å². The number of pyridine rings is 1. The maximum absolute atomic E-state index is 12.2. The fourth-order valence-corrected chi connectivity index (χ4v) is 3.75. The van der Waals surface area contributed by atoms with Crippen molar-refractivity contribution in [2.24, 2.45) is 0 Å². The number of carbonyl (C=O) groups is 1. The minimum absolute atomic E-state index is 0.338. The van der Waals surface area contributed by atoms with Gasteiger partial charge < -0.3 is 9.84 Å². The molecule has 0 saturated carbocycles. The molecule has 0 spiro atoms. The number of aliphatic carboxylic acids is 1. The molecule has 0 bridgehead atoms. The standard InChI is InChI=1S/C22H22N4O3/c1-13-8-9-15(12-23-13)20-19(16(21(27)28)10-11-29-3)14(2)24-22-25-17-6-4-5-7-18(17)26(20)22/h4-9,12,16H,10-11H2,1-3H3,(H,27,28). The van der Waals surface area contributed by atoms with Crippen molar-refractivity contribution in [2.45, 2.75) is 26.2 Å². The zero-order chi connectivity index (χ0) is 20.5. The van der Waals surface area contributed by atoms with E-state index in [2.05, 4.69) is 15.0 Å². The summed E-state index contributed by atoms with van der Waals surface area (Å²) in [5.74, 6) is -1.12. The molecule has 29 heavy (non-hydrogen) atoms. The predicted octanol–water partition coefficient (Wildman–Crippen LogP) is 3.77. The van der Waals surface area contributed by atoms with Crippen LogP contribution in [0.15, 0.2) is 42.6 Å². The van der Waals surface area contributed by atoms with E-state index >= 15 is 0 Å². The number of methoxy groups -OCH3 is 1. The van der Waals surface area contributed by atoms with Crippen LogP contribution in [0.4, 0.5) is 0 Å². The topological polar surface area (TPSA) is 89.6 Å². The van der Waals surface area contributed by atoms with Gasteiger partial charge in [0.1, 0.15) is 0 Å². The van der Waals surface area contributed by atoms with Crippen molar-refractivity contribution in [3.8, 4) is 11.3 Å². The van der Waals surface area contributed by atoms with E-state index in [1.54, 1.807) is 13.3 Å². The first-order chi connectivity index (χ1) is 14.0. The highest BCUT2D eigenvalue weighted by atomic mass is 16.5. The fraction of sp³-hybridized carbons (Fsp3) is 0.273. The van der Waals surface area contributed by atoms with Crippen LogP contribution >= 0.6 is 0 Å². The van der Waals surface area contributed by atoms with E-state index in [0.29, 0.717) is 30.1 Å². The van der Waals surface area contributed by atoms with Crippen LogP contribution in [-0.4, -0.2) is 44.1 Å². The Labute approximate surface area is 168 Å². The quantitative estimate of drug-likeness (QED) is 0.539. The van der Waals surface area contributed by atoms with E-state index in [0.717, 1.165) is 28.0 Å². The van der Waals surface area contributed by atoms with Crippen molar-refractivity contribution in [2.75, 3.05) is 13.7 Å². The molecule has 7 heteroatoms. The second-order valence-electron chi connectivity index (χ2n) is 7.06. The van der Waals surface area contributed by atoms with Crippen LogP contribution in [0.3, 0.4) is 0 Å². The number of nitrogens with zero attached hydrogens (tertiary/aromatic N) is 4. The SMILES string of the molecule is COCCC(C(=O)O)c1c(C)nc2nc3ccccc3n2c1-c1ccc(C)nc1. The number of ether oxygens (including phenoxy) is 1. The Bertz CT molecular complexity index is 1200. The molecule has 1 unspecified atom stereocenters. The van der Waals surface area contributed by atoms with Crippen molar-refractivity contribution in [1.82, 2.24) is 19.4 Å². The number of para-hydroxylation sites is 2. The van der Waals surface area contributed by atoms with Crippen LogP contribution in [0, 0.1) is 13.8 Å². The molecule has 0 aliphatic rings. The van der Waals surface area contributed by atoms with E-state index < -0.39 is 11.9 Å². The Morgan fingerprint density at radius 2 is 1.97 bits per heavy atom. The number of rotatable bonds is 6. The summed E-state index contributed by atoms with van der Waals surface area (Å²) >= 11 is 0. The predicted molar refractivity (Wildman–Crippen MR) is 110 cm³/mol. The second-order valence-corrected chi connectivity index (χ2v) is 7.06. The molecule has 0 aliphatic heterocycles. The molecule has 3 aromatic heterocycles. The summed E-state index contributed by atoms with van der Waals surface area (Å²) in [6.45, 7) is 4.09. The average molecular weight is 390 g/mol. The van der Waals surface area contributed by atoms with Crippen molar-refractivity contribution >= 4 is 22.8 Å². The number of carboxylic acids is 1. The molecule has 3 heterocycles. The average Bonchev–Trinajstić information content (AvgIpc) is 3.06. The Morgan fingerprint density at radius 3 is 2.66 bits per heavy atom. The molecule has 4 aromatic rings. The molecule has 4 rings (SSSR count). The van der Waals surface area contributed by atoms with Gasteiger partial charge in [0.15, 0.2) is 0 Å². The Kier molecular flexibility index (Phi) is 4.98. The lowest BCUT2D eigenvalue weighted by Crippen LogP contribution is -2.18. The number of aromatic nitrogens is 4. The normalized spacial score (nSPS) is 12.5. The third-order valence-corrected chi connectivity index (χ3v) is 5.12. The molecule has 7 nitrogen and oxygen atoms in total. The summed E-state index contributed by atoms with van der Waals surface area (Å²) < 4.78 is 7.11. The smallest absolute Gasteiger partial charge is 0.311 e. The molecule has 148 valence electrons. The Balaban J connectivity index is 2.12. The van der Waals surface area contributed by atoms with Gasteiger partial charge in [-0.05, 0) is 44.5 Å².